The van der Waals surface area contributed by atoms with E-state index in [0.29, 0.717) is 20.8 Å². The summed E-state index contributed by atoms with van der Waals surface area (Å²) in [7, 11) is 5.07. The molecule has 0 saturated heterocycles. The highest BCUT2D eigenvalue weighted by molar-refractivity contribution is 7.21. The molecule has 5 aromatic rings. The van der Waals surface area contributed by atoms with E-state index >= 15 is 0 Å². The molecule has 5 rings (SSSR count). The molecular formula is C26H21N3O3S. The van der Waals surface area contributed by atoms with Gasteiger partial charge in [0.25, 0.3) is 5.56 Å². The summed E-state index contributed by atoms with van der Waals surface area (Å²) in [5.74, 6) is -0.483. The van der Waals surface area contributed by atoms with Gasteiger partial charge in [0.2, 0.25) is 0 Å². The summed E-state index contributed by atoms with van der Waals surface area (Å²) in [5.41, 5.74) is 1.12. The van der Waals surface area contributed by atoms with Crippen molar-refractivity contribution < 1.29 is 9.53 Å². The molecule has 0 unspecified atom stereocenters. The standard InChI is InChI=1S/C26H21N3O3S/c1-28(2)15-27-22-21-18-12-6-7-13-19(18)24(30)29(25(21)33-23(22)26(31)32-3)20-14-8-10-16-9-4-5-11-17(16)20/h4-15H,1-3H3. The van der Waals surface area contributed by atoms with Crippen LogP contribution in [0.1, 0.15) is 9.67 Å². The van der Waals surface area contributed by atoms with E-state index in [4.69, 9.17) is 4.74 Å². The van der Waals surface area contributed by atoms with Crippen molar-refractivity contribution in [2.24, 2.45) is 4.99 Å². The molecule has 7 heteroatoms. The van der Waals surface area contributed by atoms with Crippen LogP contribution in [0.25, 0.3) is 37.4 Å². The minimum atomic E-state index is -0.483. The van der Waals surface area contributed by atoms with E-state index in [0.717, 1.165) is 27.2 Å². The predicted molar refractivity (Wildman–Crippen MR) is 136 cm³/mol. The van der Waals surface area contributed by atoms with Gasteiger partial charge < -0.3 is 9.64 Å². The van der Waals surface area contributed by atoms with Crippen LogP contribution in [0.2, 0.25) is 0 Å². The quantitative estimate of drug-likeness (QED) is 0.208. The largest absolute Gasteiger partial charge is 0.465 e. The van der Waals surface area contributed by atoms with Crippen LogP contribution < -0.4 is 5.56 Å². The SMILES string of the molecule is COC(=O)c1sc2c(c1N=CN(C)C)c1ccccc1c(=O)n2-c1cccc2ccccc12. The van der Waals surface area contributed by atoms with Crippen LogP contribution in [0.3, 0.4) is 0 Å². The van der Waals surface area contributed by atoms with Crippen LogP contribution in [0.5, 0.6) is 0 Å². The summed E-state index contributed by atoms with van der Waals surface area (Å²) in [6.45, 7) is 0. The van der Waals surface area contributed by atoms with E-state index in [1.165, 1.54) is 18.4 Å². The number of benzene rings is 3. The molecule has 0 radical (unpaired) electrons. The molecule has 0 aliphatic rings. The number of methoxy groups -OCH3 is 1. The zero-order valence-electron chi connectivity index (χ0n) is 18.4. The fourth-order valence-electron chi connectivity index (χ4n) is 4.06. The minimum Gasteiger partial charge on any atom is -0.465 e. The fraction of sp³-hybridized carbons (Fsp3) is 0.115. The number of aliphatic imine (C=N–C) groups is 1. The Balaban J connectivity index is 2.02. The van der Waals surface area contributed by atoms with Gasteiger partial charge >= 0.3 is 5.97 Å². The lowest BCUT2D eigenvalue weighted by molar-refractivity contribution is 0.0607. The first-order chi connectivity index (χ1) is 16.0. The van der Waals surface area contributed by atoms with E-state index in [1.54, 1.807) is 15.8 Å². The fourth-order valence-corrected chi connectivity index (χ4v) is 5.25. The predicted octanol–water partition coefficient (Wildman–Crippen LogP) is 5.37. The molecular weight excluding hydrogens is 434 g/mol. The molecule has 0 atom stereocenters. The normalized spacial score (nSPS) is 11.6. The highest BCUT2D eigenvalue weighted by Gasteiger charge is 2.25. The Kier molecular flexibility index (Phi) is 5.18. The molecule has 2 heterocycles. The smallest absolute Gasteiger partial charge is 0.350 e. The number of ether oxygens (including phenoxy) is 1. The number of carbonyl (C=O) groups excluding carboxylic acids is 1. The lowest BCUT2D eigenvalue weighted by atomic mass is 10.1. The Labute approximate surface area is 194 Å². The van der Waals surface area contributed by atoms with Gasteiger partial charge in [0, 0.05) is 30.3 Å². The number of hydrogen-bond acceptors (Lipinski definition) is 5. The van der Waals surface area contributed by atoms with E-state index in [-0.39, 0.29) is 5.56 Å². The number of carbonyl (C=O) groups is 1. The van der Waals surface area contributed by atoms with Crippen molar-refractivity contribution in [2.45, 2.75) is 0 Å². The Hall–Kier alpha value is -3.97. The van der Waals surface area contributed by atoms with Gasteiger partial charge in [-0.1, -0.05) is 54.6 Å². The summed E-state index contributed by atoms with van der Waals surface area (Å²) in [6.07, 6.45) is 1.65. The van der Waals surface area contributed by atoms with Gasteiger partial charge in [-0.25, -0.2) is 9.79 Å². The molecule has 0 amide bonds. The van der Waals surface area contributed by atoms with Gasteiger partial charge in [0.1, 0.15) is 15.4 Å². The second-order valence-corrected chi connectivity index (χ2v) is 8.84. The van der Waals surface area contributed by atoms with Gasteiger partial charge in [-0.05, 0) is 22.9 Å². The topological polar surface area (TPSA) is 63.9 Å². The molecule has 2 aromatic heterocycles. The molecule has 0 saturated carbocycles. The van der Waals surface area contributed by atoms with Crippen LogP contribution in [0.15, 0.2) is 76.5 Å². The summed E-state index contributed by atoms with van der Waals surface area (Å²) in [4.78, 5) is 34.0. The summed E-state index contributed by atoms with van der Waals surface area (Å²) >= 11 is 1.22. The number of rotatable bonds is 4. The Morgan fingerprint density at radius 2 is 1.64 bits per heavy atom. The van der Waals surface area contributed by atoms with E-state index in [9.17, 15) is 9.59 Å². The first kappa shape index (κ1) is 20.9. The maximum atomic E-state index is 13.8. The maximum Gasteiger partial charge on any atom is 0.350 e. The maximum absolute atomic E-state index is 13.8. The third-order valence-electron chi connectivity index (χ3n) is 5.49. The van der Waals surface area contributed by atoms with Crippen LogP contribution in [0, 0.1) is 0 Å². The van der Waals surface area contributed by atoms with Crippen LogP contribution in [-0.2, 0) is 4.74 Å². The van der Waals surface area contributed by atoms with E-state index in [2.05, 4.69) is 4.99 Å². The van der Waals surface area contributed by atoms with Crippen molar-refractivity contribution in [3.05, 3.63) is 82.0 Å². The monoisotopic (exact) mass is 455 g/mol. The molecule has 0 bridgehead atoms. The van der Waals surface area contributed by atoms with Gasteiger partial charge in [-0.3, -0.25) is 9.36 Å². The van der Waals surface area contributed by atoms with E-state index < -0.39 is 5.97 Å². The zero-order valence-corrected chi connectivity index (χ0v) is 19.2. The Morgan fingerprint density at radius 1 is 0.970 bits per heavy atom. The van der Waals surface area contributed by atoms with Gasteiger partial charge in [0.05, 0.1) is 19.1 Å². The first-order valence-corrected chi connectivity index (χ1v) is 11.2. The number of fused-ring (bicyclic) bond motifs is 4. The lowest BCUT2D eigenvalue weighted by Crippen LogP contribution is -2.18. The molecule has 0 spiro atoms. The zero-order chi connectivity index (χ0) is 23.1. The molecule has 6 nitrogen and oxygen atoms in total. The summed E-state index contributed by atoms with van der Waals surface area (Å²) in [6, 6.07) is 21.3. The Morgan fingerprint density at radius 3 is 2.36 bits per heavy atom. The Bertz CT molecular complexity index is 1620. The van der Waals surface area contributed by atoms with Crippen molar-refractivity contribution in [3.8, 4) is 5.69 Å². The minimum absolute atomic E-state index is 0.143. The molecule has 0 N–H and O–H groups in total. The van der Waals surface area contributed by atoms with Gasteiger partial charge in [0.15, 0.2) is 0 Å². The average molecular weight is 456 g/mol. The van der Waals surface area contributed by atoms with Crippen molar-refractivity contribution in [1.29, 1.82) is 0 Å². The molecule has 3 aromatic carbocycles. The molecule has 33 heavy (non-hydrogen) atoms. The van der Waals surface area contributed by atoms with Crippen LogP contribution >= 0.6 is 11.3 Å². The molecule has 0 aliphatic heterocycles. The van der Waals surface area contributed by atoms with Crippen LogP contribution in [-0.4, -0.2) is 43.0 Å². The number of pyridine rings is 1. The van der Waals surface area contributed by atoms with Crippen LogP contribution in [0.4, 0.5) is 5.69 Å². The number of hydrogen-bond donors (Lipinski definition) is 0. The summed E-state index contributed by atoms with van der Waals surface area (Å²) in [5, 5.41) is 4.05. The van der Waals surface area contributed by atoms with E-state index in [1.807, 2.05) is 80.8 Å². The second-order valence-electron chi connectivity index (χ2n) is 7.84. The number of thiophene rings is 1. The first-order valence-electron chi connectivity index (χ1n) is 10.4. The molecule has 0 fully saturated rings. The molecule has 0 aliphatic carbocycles. The average Bonchev–Trinajstić information content (AvgIpc) is 3.21. The van der Waals surface area contributed by atoms with Crippen molar-refractivity contribution in [1.82, 2.24) is 9.47 Å². The van der Waals surface area contributed by atoms with Crippen molar-refractivity contribution in [3.63, 3.8) is 0 Å². The summed E-state index contributed by atoms with van der Waals surface area (Å²) < 4.78 is 6.77. The number of aromatic nitrogens is 1. The lowest BCUT2D eigenvalue weighted by Gasteiger charge is -2.13. The highest BCUT2D eigenvalue weighted by atomic mass is 32.1. The molecule has 164 valence electrons. The number of nitrogens with zero attached hydrogens (tertiary/aromatic N) is 3. The van der Waals surface area contributed by atoms with Gasteiger partial charge in [-0.15, -0.1) is 11.3 Å². The van der Waals surface area contributed by atoms with Gasteiger partial charge in [-0.2, -0.15) is 0 Å². The second kappa shape index (κ2) is 8.18. The third-order valence-corrected chi connectivity index (χ3v) is 6.64. The van der Waals surface area contributed by atoms with Crippen molar-refractivity contribution >= 4 is 61.1 Å². The highest BCUT2D eigenvalue weighted by Crippen LogP contribution is 2.42. The number of esters is 1. The van der Waals surface area contributed by atoms with Crippen molar-refractivity contribution in [2.75, 3.05) is 21.2 Å². The third kappa shape index (κ3) is 3.37.